The van der Waals surface area contributed by atoms with Crippen molar-refractivity contribution in [3.63, 3.8) is 0 Å². The Bertz CT molecular complexity index is 2310. The highest BCUT2D eigenvalue weighted by Gasteiger charge is 2.51. The van der Waals surface area contributed by atoms with E-state index in [9.17, 15) is 0 Å². The standard InChI is InChI=1S/C36H29BN2O2/c1-35(2)36(3,4)41-37(40-35)22-20-26-24-14-8-9-16-28(24)39-31-19-11-18-30-33(31)32-25(27(21-22)34(26)39)15-10-17-29(32)38(30)23-12-6-5-7-13-23/h5-21H,1-4H3. The zero-order chi connectivity index (χ0) is 27.7. The third kappa shape index (κ3) is 2.92. The number of nitrogens with zero attached hydrogens (tertiary/aromatic N) is 2. The Balaban J connectivity index is 1.53. The first-order chi connectivity index (χ1) is 19.8. The smallest absolute Gasteiger partial charge is 0.399 e. The van der Waals surface area contributed by atoms with E-state index in [1.807, 2.05) is 0 Å². The maximum Gasteiger partial charge on any atom is 0.494 e. The van der Waals surface area contributed by atoms with E-state index in [0.29, 0.717) is 0 Å². The summed E-state index contributed by atoms with van der Waals surface area (Å²) in [7, 11) is -0.443. The molecule has 4 heterocycles. The van der Waals surface area contributed by atoms with Crippen molar-refractivity contribution in [1.82, 2.24) is 8.97 Å². The quantitative estimate of drug-likeness (QED) is 0.210. The summed E-state index contributed by atoms with van der Waals surface area (Å²) >= 11 is 0. The van der Waals surface area contributed by atoms with Gasteiger partial charge in [-0.05, 0) is 74.9 Å². The van der Waals surface area contributed by atoms with Gasteiger partial charge in [0.15, 0.2) is 0 Å². The summed E-state index contributed by atoms with van der Waals surface area (Å²) < 4.78 is 18.1. The van der Waals surface area contributed by atoms with Crippen molar-refractivity contribution < 1.29 is 9.31 Å². The minimum absolute atomic E-state index is 0.413. The fraction of sp³-hybridized carbons (Fsp3) is 0.167. The molecule has 1 aliphatic heterocycles. The van der Waals surface area contributed by atoms with Gasteiger partial charge in [0.25, 0.3) is 0 Å². The van der Waals surface area contributed by atoms with Crippen molar-refractivity contribution in [2.75, 3.05) is 0 Å². The van der Waals surface area contributed by atoms with E-state index < -0.39 is 18.3 Å². The lowest BCUT2D eigenvalue weighted by atomic mass is 9.77. The summed E-state index contributed by atoms with van der Waals surface area (Å²) in [4.78, 5) is 0. The van der Waals surface area contributed by atoms with Crippen molar-refractivity contribution in [2.45, 2.75) is 38.9 Å². The molecule has 9 rings (SSSR count). The number of rotatable bonds is 2. The van der Waals surface area contributed by atoms with Gasteiger partial charge in [0.1, 0.15) is 0 Å². The van der Waals surface area contributed by atoms with Crippen LogP contribution in [0.3, 0.4) is 0 Å². The van der Waals surface area contributed by atoms with Crippen LogP contribution in [0.1, 0.15) is 27.7 Å². The van der Waals surface area contributed by atoms with E-state index in [1.165, 1.54) is 59.9 Å². The Labute approximate surface area is 238 Å². The molecule has 0 radical (unpaired) electrons. The Morgan fingerprint density at radius 1 is 0.537 bits per heavy atom. The van der Waals surface area contributed by atoms with Crippen LogP contribution in [0.15, 0.2) is 103 Å². The number of benzene rings is 5. The Morgan fingerprint density at radius 2 is 1.10 bits per heavy atom. The topological polar surface area (TPSA) is 27.8 Å². The van der Waals surface area contributed by atoms with E-state index in [-0.39, 0.29) is 0 Å². The molecule has 0 bridgehead atoms. The van der Waals surface area contributed by atoms with Crippen molar-refractivity contribution in [1.29, 1.82) is 0 Å². The molecular formula is C36H29BN2O2. The molecule has 0 unspecified atom stereocenters. The van der Waals surface area contributed by atoms with Gasteiger partial charge in [0.05, 0.1) is 38.8 Å². The Hall–Kier alpha value is -4.32. The zero-order valence-electron chi connectivity index (χ0n) is 23.6. The number of aromatic nitrogens is 2. The van der Waals surface area contributed by atoms with E-state index in [0.717, 1.165) is 11.2 Å². The molecule has 1 aliphatic rings. The summed E-state index contributed by atoms with van der Waals surface area (Å²) in [6.07, 6.45) is 0. The number of fused-ring (bicyclic) bond motifs is 5. The first kappa shape index (κ1) is 23.4. The van der Waals surface area contributed by atoms with Crippen LogP contribution in [0, 0.1) is 0 Å². The second kappa shape index (κ2) is 7.70. The normalized spacial score (nSPS) is 16.9. The van der Waals surface area contributed by atoms with Gasteiger partial charge in [-0.2, -0.15) is 0 Å². The molecule has 3 aromatic heterocycles. The molecule has 4 nitrogen and oxygen atoms in total. The van der Waals surface area contributed by atoms with Gasteiger partial charge in [-0.1, -0.05) is 66.7 Å². The van der Waals surface area contributed by atoms with Gasteiger partial charge >= 0.3 is 7.12 Å². The third-order valence-corrected chi connectivity index (χ3v) is 9.66. The van der Waals surface area contributed by atoms with Crippen LogP contribution in [0.4, 0.5) is 0 Å². The van der Waals surface area contributed by atoms with Crippen molar-refractivity contribution in [3.8, 4) is 5.69 Å². The fourth-order valence-electron chi connectivity index (χ4n) is 7.05. The summed E-state index contributed by atoms with van der Waals surface area (Å²) in [6, 6.07) is 37.5. The van der Waals surface area contributed by atoms with Crippen molar-refractivity contribution in [3.05, 3.63) is 103 Å². The summed E-state index contributed by atoms with van der Waals surface area (Å²) in [6.45, 7) is 8.47. The predicted molar refractivity (Wildman–Crippen MR) is 171 cm³/mol. The molecule has 0 N–H and O–H groups in total. The number of hydrogen-bond donors (Lipinski definition) is 0. The lowest BCUT2D eigenvalue weighted by molar-refractivity contribution is 0.00578. The maximum atomic E-state index is 6.59. The summed E-state index contributed by atoms with van der Waals surface area (Å²) in [5.41, 5.74) is 7.45. The zero-order valence-corrected chi connectivity index (χ0v) is 23.6. The summed E-state index contributed by atoms with van der Waals surface area (Å²) in [5, 5.41) is 7.45. The molecule has 8 aromatic rings. The minimum Gasteiger partial charge on any atom is -0.399 e. The van der Waals surface area contributed by atoms with Gasteiger partial charge in [-0.15, -0.1) is 0 Å². The monoisotopic (exact) mass is 532 g/mol. The van der Waals surface area contributed by atoms with Gasteiger partial charge in [0.2, 0.25) is 0 Å². The van der Waals surface area contributed by atoms with Crippen LogP contribution >= 0.6 is 0 Å². The molecule has 5 heteroatoms. The second-order valence-corrected chi connectivity index (χ2v) is 12.4. The molecule has 0 spiro atoms. The van der Waals surface area contributed by atoms with Crippen LogP contribution in [-0.4, -0.2) is 27.3 Å². The van der Waals surface area contributed by atoms with Gasteiger partial charge in [-0.25, -0.2) is 0 Å². The average Bonchev–Trinajstić information content (AvgIpc) is 3.53. The third-order valence-electron chi connectivity index (χ3n) is 9.66. The average molecular weight is 532 g/mol. The van der Waals surface area contributed by atoms with Crippen LogP contribution < -0.4 is 5.46 Å². The molecule has 1 saturated heterocycles. The van der Waals surface area contributed by atoms with E-state index in [4.69, 9.17) is 9.31 Å². The Kier molecular flexibility index (Phi) is 4.39. The van der Waals surface area contributed by atoms with Gasteiger partial charge < -0.3 is 18.3 Å². The molecule has 0 aliphatic carbocycles. The maximum absolute atomic E-state index is 6.59. The van der Waals surface area contributed by atoms with Crippen molar-refractivity contribution >= 4 is 72.5 Å². The van der Waals surface area contributed by atoms with Crippen molar-refractivity contribution in [2.24, 2.45) is 0 Å². The van der Waals surface area contributed by atoms with Crippen LogP contribution in [0.2, 0.25) is 0 Å². The molecule has 1 fully saturated rings. The molecular weight excluding hydrogens is 503 g/mol. The highest BCUT2D eigenvalue weighted by molar-refractivity contribution is 6.63. The molecule has 198 valence electrons. The predicted octanol–water partition coefficient (Wildman–Crippen LogP) is 8.23. The molecule has 0 atom stereocenters. The molecule has 0 saturated carbocycles. The highest BCUT2D eigenvalue weighted by atomic mass is 16.7. The SMILES string of the molecule is CC1(C)OB(c2cc3c4cccc5c4c4c(cccc4n4c6ccccc6c(c2)c34)n5-c2ccccc2)OC1(C)C. The van der Waals surface area contributed by atoms with E-state index in [2.05, 4.69) is 140 Å². The fourth-order valence-corrected chi connectivity index (χ4v) is 7.05. The first-order valence-electron chi connectivity index (χ1n) is 14.4. The second-order valence-electron chi connectivity index (χ2n) is 12.4. The Morgan fingerprint density at radius 3 is 1.85 bits per heavy atom. The van der Waals surface area contributed by atoms with E-state index in [1.54, 1.807) is 0 Å². The number of hydrogen-bond acceptors (Lipinski definition) is 2. The number of para-hydroxylation sites is 2. The van der Waals surface area contributed by atoms with Gasteiger partial charge in [-0.3, -0.25) is 0 Å². The molecule has 0 amide bonds. The lowest BCUT2D eigenvalue weighted by Crippen LogP contribution is -2.41. The van der Waals surface area contributed by atoms with Gasteiger partial charge in [0, 0.05) is 32.6 Å². The first-order valence-corrected chi connectivity index (χ1v) is 14.4. The highest BCUT2D eigenvalue weighted by Crippen LogP contribution is 2.44. The lowest BCUT2D eigenvalue weighted by Gasteiger charge is -2.32. The van der Waals surface area contributed by atoms with E-state index >= 15 is 0 Å². The molecule has 41 heavy (non-hydrogen) atoms. The van der Waals surface area contributed by atoms with Crippen LogP contribution in [0.25, 0.3) is 65.6 Å². The van der Waals surface area contributed by atoms with Crippen LogP contribution in [0.5, 0.6) is 0 Å². The summed E-state index contributed by atoms with van der Waals surface area (Å²) in [5.74, 6) is 0. The minimum atomic E-state index is -0.443. The largest absolute Gasteiger partial charge is 0.494 e. The van der Waals surface area contributed by atoms with Crippen LogP contribution in [-0.2, 0) is 9.31 Å². The molecule has 5 aromatic carbocycles.